The Morgan fingerprint density at radius 3 is 2.53 bits per heavy atom. The number of hydrogen-bond donors (Lipinski definition) is 2. The highest BCUT2D eigenvalue weighted by atomic mass is 35.5. The lowest BCUT2D eigenvalue weighted by Crippen LogP contribution is -2.43. The molecule has 0 saturated carbocycles. The molecule has 1 aliphatic heterocycles. The molecule has 0 bridgehead atoms. The largest absolute Gasteiger partial charge is 0.481 e. The van der Waals surface area contributed by atoms with Crippen molar-refractivity contribution in [3.8, 4) is 39.5 Å². The number of aliphatic hydroxyl groups is 1. The maximum atomic E-state index is 13.2. The van der Waals surface area contributed by atoms with Crippen LogP contribution in [0.3, 0.4) is 0 Å². The summed E-state index contributed by atoms with van der Waals surface area (Å²) in [4.78, 5) is 48.8. The van der Waals surface area contributed by atoms with E-state index in [9.17, 15) is 19.5 Å². The van der Waals surface area contributed by atoms with Gasteiger partial charge < -0.3 is 24.8 Å². The molecule has 0 aliphatic carbocycles. The van der Waals surface area contributed by atoms with E-state index >= 15 is 0 Å². The van der Waals surface area contributed by atoms with E-state index in [0.29, 0.717) is 73.5 Å². The third-order valence-corrected chi connectivity index (χ3v) is 9.26. The van der Waals surface area contributed by atoms with Crippen molar-refractivity contribution >= 4 is 40.7 Å². The average Bonchev–Trinajstić information content (AvgIpc) is 3.71. The van der Waals surface area contributed by atoms with Crippen molar-refractivity contribution in [2.45, 2.75) is 58.4 Å². The van der Waals surface area contributed by atoms with E-state index in [2.05, 4.69) is 15.4 Å². The van der Waals surface area contributed by atoms with E-state index in [1.54, 1.807) is 63.3 Å². The molecule has 1 saturated heterocycles. The Bertz CT molecular complexity index is 2210. The van der Waals surface area contributed by atoms with Crippen molar-refractivity contribution in [3.63, 3.8) is 0 Å². The molecule has 15 heteroatoms. The first kappa shape index (κ1) is 35.8. The molecule has 6 rings (SSSR count). The third kappa shape index (κ3) is 7.41. The van der Waals surface area contributed by atoms with Gasteiger partial charge in [0, 0.05) is 66.3 Å². The molecular weight excluding hydrogens is 697 g/mol. The lowest BCUT2D eigenvalue weighted by Gasteiger charge is -2.29. The summed E-state index contributed by atoms with van der Waals surface area (Å²) in [5, 5.41) is 17.6. The number of amides is 2. The number of benzene rings is 1. The summed E-state index contributed by atoms with van der Waals surface area (Å²) >= 11 is 14.0. The molecule has 13 nitrogen and oxygen atoms in total. The molecule has 5 aromatic rings. The van der Waals surface area contributed by atoms with E-state index in [1.807, 2.05) is 24.3 Å². The van der Waals surface area contributed by atoms with Crippen molar-refractivity contribution in [2.24, 2.45) is 7.05 Å². The number of aliphatic hydroxyl groups excluding tert-OH is 1. The SMILES string of the molecule is COc1nc(-c2cccc(-c3ccnc(-c4cc5c(=O)n(C)c(CO)nn5c4)c3Cl)c2Cl)ccc1CN(C[C@@H]1CCC(=O)N1)C(=O)OC(C)(C)C. The molecule has 266 valence electrons. The minimum absolute atomic E-state index is 0.0450. The van der Waals surface area contributed by atoms with Crippen LogP contribution in [-0.4, -0.2) is 71.5 Å². The number of ether oxygens (including phenoxy) is 2. The van der Waals surface area contributed by atoms with Crippen molar-refractivity contribution in [1.29, 1.82) is 0 Å². The number of aromatic nitrogens is 5. The van der Waals surface area contributed by atoms with Gasteiger partial charge in [0.05, 0.1) is 35.1 Å². The summed E-state index contributed by atoms with van der Waals surface area (Å²) in [6, 6.07) is 12.3. The Morgan fingerprint density at radius 2 is 1.84 bits per heavy atom. The Kier molecular flexibility index (Phi) is 10.1. The van der Waals surface area contributed by atoms with Crippen LogP contribution in [0.5, 0.6) is 5.88 Å². The summed E-state index contributed by atoms with van der Waals surface area (Å²) < 4.78 is 14.1. The Balaban J connectivity index is 1.32. The number of hydrogen-bond acceptors (Lipinski definition) is 9. The van der Waals surface area contributed by atoms with Gasteiger partial charge in [0.15, 0.2) is 5.82 Å². The first-order valence-corrected chi connectivity index (χ1v) is 17.0. The number of carbonyl (C=O) groups is 2. The fraction of sp³-hybridized carbons (Fsp3) is 0.333. The number of rotatable bonds is 9. The number of fused-ring (bicyclic) bond motifs is 1. The lowest BCUT2D eigenvalue weighted by atomic mass is 10.00. The van der Waals surface area contributed by atoms with Gasteiger partial charge in [-0.15, -0.1) is 0 Å². The Hall–Kier alpha value is -4.98. The zero-order valence-corrected chi connectivity index (χ0v) is 30.2. The highest BCUT2D eigenvalue weighted by Crippen LogP contribution is 2.42. The smallest absolute Gasteiger partial charge is 0.410 e. The van der Waals surface area contributed by atoms with Crippen LogP contribution in [0.25, 0.3) is 39.2 Å². The second kappa shape index (κ2) is 14.3. The fourth-order valence-electron chi connectivity index (χ4n) is 5.97. The standard InChI is InChI=1S/C36H37Cl2N7O6/c1-36(2,3)51-35(49)44(18-22-10-12-29(47)40-22)16-20-9-11-26(41-33(20)50-5)25-8-6-7-23(30(25)37)24-13-14-39-32(31(24)38)21-15-27-34(48)43(4)28(19-46)42-45(27)17-21/h6-9,11,13-15,17,22,46H,10,12,16,18-19H2,1-5H3,(H,40,47)/t22-/m0/s1. The molecule has 5 heterocycles. The first-order chi connectivity index (χ1) is 24.3. The predicted molar refractivity (Wildman–Crippen MR) is 193 cm³/mol. The summed E-state index contributed by atoms with van der Waals surface area (Å²) in [5.41, 5.74) is 3.27. The normalized spacial score (nSPS) is 14.5. The van der Waals surface area contributed by atoms with Crippen LogP contribution in [0.1, 0.15) is 45.0 Å². The Morgan fingerprint density at radius 1 is 1.10 bits per heavy atom. The first-order valence-electron chi connectivity index (χ1n) is 16.2. The molecular formula is C36H37Cl2N7O6. The van der Waals surface area contributed by atoms with Crippen LogP contribution in [0.4, 0.5) is 4.79 Å². The minimum Gasteiger partial charge on any atom is -0.481 e. The Labute approximate surface area is 303 Å². The van der Waals surface area contributed by atoms with Gasteiger partial charge in [0.25, 0.3) is 5.56 Å². The van der Waals surface area contributed by atoms with Crippen LogP contribution < -0.4 is 15.6 Å². The number of nitrogens with zero attached hydrogens (tertiary/aromatic N) is 6. The average molecular weight is 735 g/mol. The zero-order valence-electron chi connectivity index (χ0n) is 28.7. The fourth-order valence-corrected chi connectivity index (χ4v) is 6.61. The number of carbonyl (C=O) groups excluding carboxylic acids is 2. The number of nitrogens with one attached hydrogen (secondary N) is 1. The minimum atomic E-state index is -0.711. The van der Waals surface area contributed by atoms with Gasteiger partial charge in [0.2, 0.25) is 11.8 Å². The number of pyridine rings is 2. The van der Waals surface area contributed by atoms with Gasteiger partial charge in [-0.2, -0.15) is 5.10 Å². The van der Waals surface area contributed by atoms with Gasteiger partial charge in [0.1, 0.15) is 17.7 Å². The van der Waals surface area contributed by atoms with Crippen molar-refractivity contribution < 1.29 is 24.2 Å². The molecule has 1 aliphatic rings. The topological polar surface area (TPSA) is 153 Å². The molecule has 0 unspecified atom stereocenters. The van der Waals surface area contributed by atoms with Gasteiger partial charge in [-0.25, -0.2) is 14.3 Å². The second-order valence-corrected chi connectivity index (χ2v) is 14.0. The molecule has 1 aromatic carbocycles. The van der Waals surface area contributed by atoms with Gasteiger partial charge in [-0.3, -0.25) is 19.1 Å². The van der Waals surface area contributed by atoms with Crippen LogP contribution in [0, 0.1) is 0 Å². The lowest BCUT2D eigenvalue weighted by molar-refractivity contribution is -0.119. The maximum Gasteiger partial charge on any atom is 0.410 e. The molecule has 2 amide bonds. The number of halogens is 2. The van der Waals surface area contributed by atoms with E-state index in [0.717, 1.165) is 0 Å². The van der Waals surface area contributed by atoms with E-state index in [4.69, 9.17) is 37.7 Å². The van der Waals surface area contributed by atoms with Crippen molar-refractivity contribution in [2.75, 3.05) is 13.7 Å². The molecule has 1 fully saturated rings. The number of methoxy groups -OCH3 is 1. The van der Waals surface area contributed by atoms with Crippen molar-refractivity contribution in [1.82, 2.24) is 34.4 Å². The highest BCUT2D eigenvalue weighted by Gasteiger charge is 2.29. The van der Waals surface area contributed by atoms with Crippen LogP contribution >= 0.6 is 23.2 Å². The van der Waals surface area contributed by atoms with E-state index in [1.165, 1.54) is 16.2 Å². The monoisotopic (exact) mass is 733 g/mol. The van der Waals surface area contributed by atoms with Crippen molar-refractivity contribution in [3.05, 3.63) is 86.6 Å². The molecule has 2 N–H and O–H groups in total. The maximum absolute atomic E-state index is 13.2. The quantitative estimate of drug-likeness (QED) is 0.196. The molecule has 4 aromatic heterocycles. The van der Waals surface area contributed by atoms with Gasteiger partial charge in [-0.1, -0.05) is 41.4 Å². The summed E-state index contributed by atoms with van der Waals surface area (Å²) in [6.07, 6.45) is 3.76. The van der Waals surface area contributed by atoms with Crippen LogP contribution in [0.15, 0.2) is 59.7 Å². The van der Waals surface area contributed by atoms with Gasteiger partial charge in [-0.05, 0) is 51.5 Å². The molecule has 0 radical (unpaired) electrons. The van der Waals surface area contributed by atoms with E-state index < -0.39 is 18.3 Å². The third-order valence-electron chi connectivity index (χ3n) is 8.47. The molecule has 0 spiro atoms. The summed E-state index contributed by atoms with van der Waals surface area (Å²) in [6.45, 7) is 5.41. The summed E-state index contributed by atoms with van der Waals surface area (Å²) in [7, 11) is 3.05. The second-order valence-electron chi connectivity index (χ2n) is 13.2. The molecule has 51 heavy (non-hydrogen) atoms. The zero-order chi connectivity index (χ0) is 36.6. The highest BCUT2D eigenvalue weighted by molar-refractivity contribution is 6.39. The van der Waals surface area contributed by atoms with Crippen LogP contribution in [-0.2, 0) is 29.7 Å². The van der Waals surface area contributed by atoms with Gasteiger partial charge >= 0.3 is 6.09 Å². The molecule has 1 atom stereocenters. The van der Waals surface area contributed by atoms with Crippen LogP contribution in [0.2, 0.25) is 10.0 Å². The van der Waals surface area contributed by atoms with E-state index in [-0.39, 0.29) is 36.4 Å². The predicted octanol–water partition coefficient (Wildman–Crippen LogP) is 5.65. The summed E-state index contributed by atoms with van der Waals surface area (Å²) in [5.74, 6) is 0.465.